The lowest BCUT2D eigenvalue weighted by Gasteiger charge is -2.55. The third kappa shape index (κ3) is 2.37. The number of ketones is 1. The van der Waals surface area contributed by atoms with Crippen LogP contribution in [0.1, 0.15) is 48.2 Å². The highest BCUT2D eigenvalue weighted by atomic mass is 32.1. The molecule has 3 aromatic heterocycles. The van der Waals surface area contributed by atoms with E-state index in [4.69, 9.17) is 10.7 Å². The van der Waals surface area contributed by atoms with E-state index in [1.54, 1.807) is 11.3 Å². The Morgan fingerprint density at radius 2 is 1.78 bits per heavy atom. The summed E-state index contributed by atoms with van der Waals surface area (Å²) in [6.45, 7) is 0. The summed E-state index contributed by atoms with van der Waals surface area (Å²) < 4.78 is 0. The first-order chi connectivity index (χ1) is 13.1. The standard InChI is InChI=1S/C22H22N2OS2/c23-18-15-3-4-16(17-2-1-5-26-17)24-21(15)27-19(18)20(25)22-9-12-6-13(10-22)8-14(7-12)11-22/h1-5,12-14H,6-11,23H2. The monoisotopic (exact) mass is 394 g/mol. The maximum absolute atomic E-state index is 13.7. The van der Waals surface area contributed by atoms with Crippen LogP contribution in [0.25, 0.3) is 20.8 Å². The minimum atomic E-state index is -0.139. The number of Topliss-reactive ketones (excluding diaryl/α,β-unsaturated/α-hetero) is 1. The van der Waals surface area contributed by atoms with Crippen LogP contribution in [0.5, 0.6) is 0 Å². The highest BCUT2D eigenvalue weighted by Crippen LogP contribution is 2.61. The molecule has 0 aromatic carbocycles. The molecule has 0 unspecified atom stereocenters. The van der Waals surface area contributed by atoms with E-state index >= 15 is 0 Å². The van der Waals surface area contributed by atoms with E-state index in [-0.39, 0.29) is 5.41 Å². The zero-order valence-electron chi connectivity index (χ0n) is 15.1. The smallest absolute Gasteiger partial charge is 0.181 e. The SMILES string of the molecule is Nc1c(C(=O)C23CC4CC(CC(C4)C2)C3)sc2nc(-c3cccs3)ccc12. The Morgan fingerprint density at radius 3 is 2.41 bits per heavy atom. The number of fused-ring (bicyclic) bond motifs is 1. The van der Waals surface area contributed by atoms with Crippen molar-refractivity contribution in [2.75, 3.05) is 5.73 Å². The fourth-order valence-electron chi connectivity index (χ4n) is 6.36. The number of pyridine rings is 1. The van der Waals surface area contributed by atoms with Crippen molar-refractivity contribution in [3.8, 4) is 10.6 Å². The van der Waals surface area contributed by atoms with Gasteiger partial charge in [0.1, 0.15) is 4.83 Å². The fraction of sp³-hybridized carbons (Fsp3) is 0.455. The minimum absolute atomic E-state index is 0.139. The molecule has 0 amide bonds. The Labute approximate surface area is 166 Å². The number of carbonyl (C=O) groups excluding carboxylic acids is 1. The molecule has 7 rings (SSSR count). The Hall–Kier alpha value is -1.72. The fourth-order valence-corrected chi connectivity index (χ4v) is 8.21. The summed E-state index contributed by atoms with van der Waals surface area (Å²) >= 11 is 3.20. The normalized spacial score (nSPS) is 31.6. The van der Waals surface area contributed by atoms with E-state index in [1.165, 1.54) is 30.6 Å². The molecule has 0 atom stereocenters. The number of carbonyl (C=O) groups is 1. The van der Waals surface area contributed by atoms with Gasteiger partial charge in [-0.05, 0) is 79.9 Å². The highest BCUT2D eigenvalue weighted by Gasteiger charge is 2.55. The van der Waals surface area contributed by atoms with Gasteiger partial charge >= 0.3 is 0 Å². The lowest BCUT2D eigenvalue weighted by atomic mass is 9.48. The first kappa shape index (κ1) is 16.3. The molecule has 138 valence electrons. The van der Waals surface area contributed by atoms with Crippen LogP contribution in [-0.2, 0) is 0 Å². The molecule has 4 aliphatic rings. The Kier molecular flexibility index (Phi) is 3.40. The van der Waals surface area contributed by atoms with E-state index < -0.39 is 0 Å². The van der Waals surface area contributed by atoms with Crippen molar-refractivity contribution in [3.05, 3.63) is 34.5 Å². The Balaban J connectivity index is 1.42. The predicted octanol–water partition coefficient (Wildman–Crippen LogP) is 6.01. The number of hydrogen-bond acceptors (Lipinski definition) is 5. The van der Waals surface area contributed by atoms with Crippen molar-refractivity contribution >= 4 is 44.4 Å². The number of aromatic nitrogens is 1. The van der Waals surface area contributed by atoms with E-state index in [2.05, 4.69) is 11.4 Å². The molecule has 2 N–H and O–H groups in total. The molecule has 3 nitrogen and oxygen atoms in total. The number of nitrogens with two attached hydrogens (primary N) is 1. The summed E-state index contributed by atoms with van der Waals surface area (Å²) in [6.07, 6.45) is 7.29. The van der Waals surface area contributed by atoms with Crippen LogP contribution < -0.4 is 5.73 Å². The number of anilines is 1. The molecule has 4 fully saturated rings. The maximum Gasteiger partial charge on any atom is 0.181 e. The molecule has 3 aromatic rings. The molecule has 3 heterocycles. The van der Waals surface area contributed by atoms with Gasteiger partial charge in [0.25, 0.3) is 0 Å². The summed E-state index contributed by atoms with van der Waals surface area (Å²) in [5.74, 6) is 2.61. The van der Waals surface area contributed by atoms with Gasteiger partial charge in [-0.3, -0.25) is 4.79 Å². The van der Waals surface area contributed by atoms with Gasteiger partial charge in [-0.2, -0.15) is 0 Å². The third-order valence-electron chi connectivity index (χ3n) is 7.09. The minimum Gasteiger partial charge on any atom is -0.397 e. The average molecular weight is 395 g/mol. The first-order valence-corrected chi connectivity index (χ1v) is 11.6. The molecule has 4 bridgehead atoms. The summed E-state index contributed by atoms with van der Waals surface area (Å²) in [7, 11) is 0. The van der Waals surface area contributed by atoms with E-state index in [1.807, 2.05) is 18.2 Å². The van der Waals surface area contributed by atoms with Crippen LogP contribution in [0, 0.1) is 23.2 Å². The lowest BCUT2D eigenvalue weighted by Crippen LogP contribution is -2.49. The summed E-state index contributed by atoms with van der Waals surface area (Å²) in [4.78, 5) is 21.3. The lowest BCUT2D eigenvalue weighted by molar-refractivity contribution is -0.0350. The van der Waals surface area contributed by atoms with Crippen molar-refractivity contribution < 1.29 is 4.79 Å². The van der Waals surface area contributed by atoms with Crippen LogP contribution in [0.4, 0.5) is 5.69 Å². The van der Waals surface area contributed by atoms with Crippen molar-refractivity contribution in [3.63, 3.8) is 0 Å². The van der Waals surface area contributed by atoms with Crippen molar-refractivity contribution in [1.82, 2.24) is 4.98 Å². The Morgan fingerprint density at radius 1 is 1.07 bits per heavy atom. The molecule has 4 saturated carbocycles. The van der Waals surface area contributed by atoms with Crippen LogP contribution in [-0.4, -0.2) is 10.8 Å². The quantitative estimate of drug-likeness (QED) is 0.554. The van der Waals surface area contributed by atoms with Crippen molar-refractivity contribution in [1.29, 1.82) is 0 Å². The molecule has 27 heavy (non-hydrogen) atoms. The molecule has 0 aliphatic heterocycles. The van der Waals surface area contributed by atoms with Crippen LogP contribution in [0.15, 0.2) is 29.6 Å². The topological polar surface area (TPSA) is 56.0 Å². The zero-order chi connectivity index (χ0) is 18.2. The van der Waals surface area contributed by atoms with Gasteiger partial charge in [0.05, 0.1) is 21.1 Å². The first-order valence-electron chi connectivity index (χ1n) is 9.89. The number of hydrogen-bond donors (Lipinski definition) is 1. The van der Waals surface area contributed by atoms with E-state index in [0.717, 1.165) is 62.7 Å². The second-order valence-electron chi connectivity index (χ2n) is 8.90. The summed E-state index contributed by atoms with van der Waals surface area (Å²) in [5.41, 5.74) is 7.96. The van der Waals surface area contributed by atoms with Crippen LogP contribution in [0.2, 0.25) is 0 Å². The molecule has 0 spiro atoms. The van der Waals surface area contributed by atoms with E-state index in [9.17, 15) is 4.79 Å². The number of nitrogens with zero attached hydrogens (tertiary/aromatic N) is 1. The van der Waals surface area contributed by atoms with Gasteiger partial charge in [-0.1, -0.05) is 6.07 Å². The third-order valence-corrected chi connectivity index (χ3v) is 9.10. The van der Waals surface area contributed by atoms with Gasteiger partial charge in [0.2, 0.25) is 0 Å². The van der Waals surface area contributed by atoms with Crippen LogP contribution >= 0.6 is 22.7 Å². The predicted molar refractivity (Wildman–Crippen MR) is 112 cm³/mol. The molecular formula is C22H22N2OS2. The van der Waals surface area contributed by atoms with Crippen molar-refractivity contribution in [2.45, 2.75) is 38.5 Å². The molecule has 0 radical (unpaired) electrons. The molecule has 5 heteroatoms. The summed E-state index contributed by atoms with van der Waals surface area (Å²) in [6, 6.07) is 8.18. The second kappa shape index (κ2) is 5.65. The number of nitrogen functional groups attached to an aromatic ring is 1. The van der Waals surface area contributed by atoms with Gasteiger partial charge in [-0.25, -0.2) is 4.98 Å². The van der Waals surface area contributed by atoms with Gasteiger partial charge in [0.15, 0.2) is 5.78 Å². The molecule has 4 aliphatic carbocycles. The highest BCUT2D eigenvalue weighted by molar-refractivity contribution is 7.21. The van der Waals surface area contributed by atoms with Gasteiger partial charge < -0.3 is 5.73 Å². The Bertz CT molecular complexity index is 1010. The maximum atomic E-state index is 13.7. The molecular weight excluding hydrogens is 372 g/mol. The van der Waals surface area contributed by atoms with Crippen LogP contribution in [0.3, 0.4) is 0 Å². The second-order valence-corrected chi connectivity index (χ2v) is 10.8. The number of thiophene rings is 2. The van der Waals surface area contributed by atoms with Crippen molar-refractivity contribution in [2.24, 2.45) is 23.2 Å². The summed E-state index contributed by atoms with van der Waals surface area (Å²) in [5, 5.41) is 3.00. The average Bonchev–Trinajstić information content (AvgIpc) is 3.28. The van der Waals surface area contributed by atoms with Gasteiger partial charge in [0, 0.05) is 10.8 Å². The number of rotatable bonds is 3. The molecule has 0 saturated heterocycles. The largest absolute Gasteiger partial charge is 0.397 e. The van der Waals surface area contributed by atoms with Gasteiger partial charge in [-0.15, -0.1) is 22.7 Å². The van der Waals surface area contributed by atoms with E-state index in [0.29, 0.717) is 11.5 Å². The zero-order valence-corrected chi connectivity index (χ0v) is 16.7.